The molecule has 1 saturated heterocycles. The van der Waals surface area contributed by atoms with Crippen LogP contribution in [0.5, 0.6) is 0 Å². The van der Waals surface area contributed by atoms with Crippen LogP contribution in [-0.4, -0.2) is 28.3 Å². The maximum Gasteiger partial charge on any atom is 0.356 e. The van der Waals surface area contributed by atoms with E-state index in [0.29, 0.717) is 0 Å². The van der Waals surface area contributed by atoms with E-state index in [1.165, 1.54) is 0 Å². The molecular weight excluding hydrogens is 280 g/mol. The number of thioether (sulfide) groups is 1. The molecule has 2 unspecified atom stereocenters. The maximum absolute atomic E-state index is 12.9. The summed E-state index contributed by atoms with van der Waals surface area (Å²) < 4.78 is 102. The third kappa shape index (κ3) is 1.64. The van der Waals surface area contributed by atoms with Crippen LogP contribution in [0.4, 0.5) is 35.1 Å². The summed E-state index contributed by atoms with van der Waals surface area (Å²) in [5.74, 6) is -15.3. The number of rotatable bonds is 1. The van der Waals surface area contributed by atoms with Crippen molar-refractivity contribution in [1.82, 2.24) is 0 Å². The van der Waals surface area contributed by atoms with Gasteiger partial charge in [-0.2, -0.15) is 35.1 Å². The van der Waals surface area contributed by atoms with E-state index in [4.69, 9.17) is 0 Å². The Morgan fingerprint density at radius 2 is 1.29 bits per heavy atom. The molecule has 2 atom stereocenters. The molecule has 0 aromatic rings. The van der Waals surface area contributed by atoms with Crippen LogP contribution in [0.2, 0.25) is 0 Å². The molecule has 0 amide bonds. The van der Waals surface area contributed by atoms with Crippen LogP contribution < -0.4 is 0 Å². The molecule has 9 heteroatoms. The van der Waals surface area contributed by atoms with Crippen LogP contribution in [0.25, 0.3) is 0 Å². The molecule has 100 valence electrons. The third-order valence-corrected chi connectivity index (χ3v) is 4.45. The van der Waals surface area contributed by atoms with Gasteiger partial charge >= 0.3 is 23.0 Å². The van der Waals surface area contributed by atoms with E-state index in [9.17, 15) is 35.1 Å². The number of hydrogen-bond donors (Lipinski definition) is 0. The average Bonchev–Trinajstić information content (AvgIpc) is 2.32. The Bertz CT molecular complexity index is 322. The van der Waals surface area contributed by atoms with Gasteiger partial charge < -0.3 is 0 Å². The summed E-state index contributed by atoms with van der Waals surface area (Å²) in [5.41, 5.74) is 0. The van der Waals surface area contributed by atoms with Gasteiger partial charge in [0, 0.05) is 24.0 Å². The van der Waals surface area contributed by atoms with E-state index in [-0.39, 0.29) is 0 Å². The second-order valence-corrected chi connectivity index (χ2v) is 5.57. The van der Waals surface area contributed by atoms with Crippen molar-refractivity contribution in [1.29, 1.82) is 0 Å². The van der Waals surface area contributed by atoms with Gasteiger partial charge in [-0.25, -0.2) is 0 Å². The van der Waals surface area contributed by atoms with Crippen LogP contribution >= 0.6 is 11.8 Å². The topological polar surface area (TPSA) is 0 Å². The predicted octanol–water partition coefficient (Wildman–Crippen LogP) is 4.01. The van der Waals surface area contributed by atoms with Crippen molar-refractivity contribution < 1.29 is 35.1 Å². The molecule has 0 N–H and O–H groups in total. The zero-order valence-electron chi connectivity index (χ0n) is 8.00. The Kier molecular flexibility index (Phi) is 2.50. The Hall–Kier alpha value is -0.210. The molecule has 0 nitrogen and oxygen atoms in total. The largest absolute Gasteiger partial charge is 0.356 e. The van der Waals surface area contributed by atoms with Gasteiger partial charge in [-0.05, 0) is 0 Å². The first-order valence-electron chi connectivity index (χ1n) is 4.60. The van der Waals surface area contributed by atoms with E-state index < -0.39 is 58.8 Å². The highest BCUT2D eigenvalue weighted by Crippen LogP contribution is 2.65. The lowest BCUT2D eigenvalue weighted by molar-refractivity contribution is -0.314. The van der Waals surface area contributed by atoms with Gasteiger partial charge in [0.1, 0.15) is 0 Å². The molecule has 0 aromatic heterocycles. The average molecular weight is 286 g/mol. The van der Waals surface area contributed by atoms with Gasteiger partial charge in [-0.3, -0.25) is 0 Å². The zero-order chi connectivity index (χ0) is 13.3. The van der Waals surface area contributed by atoms with Crippen molar-refractivity contribution in [3.63, 3.8) is 0 Å². The summed E-state index contributed by atoms with van der Waals surface area (Å²) in [6.07, 6.45) is -2.83. The van der Waals surface area contributed by atoms with Crippen molar-refractivity contribution in [3.05, 3.63) is 0 Å². The first kappa shape index (κ1) is 13.2. The minimum Gasteiger partial charge on any atom is -0.200 e. The van der Waals surface area contributed by atoms with E-state index in [1.54, 1.807) is 0 Å². The van der Waals surface area contributed by atoms with Crippen molar-refractivity contribution >= 4 is 11.8 Å². The van der Waals surface area contributed by atoms with Gasteiger partial charge in [0.05, 0.1) is 0 Å². The number of hydrogen-bond acceptors (Lipinski definition) is 1. The molecule has 2 rings (SSSR count). The molecule has 0 radical (unpaired) electrons. The van der Waals surface area contributed by atoms with Crippen molar-refractivity contribution in [3.8, 4) is 0 Å². The third-order valence-electron chi connectivity index (χ3n) is 3.06. The SMILES string of the molecule is FC1(F)CC(C2CC(F)(F)C2(F)F)SC1(F)F. The summed E-state index contributed by atoms with van der Waals surface area (Å²) in [6, 6.07) is 0. The lowest BCUT2D eigenvalue weighted by Crippen LogP contribution is -2.61. The highest BCUT2D eigenvalue weighted by molar-refractivity contribution is 8.01. The number of alkyl halides is 8. The standard InChI is InChI=1S/C8H6F8S/c9-5(10)1-3(7(5,13)14)4-2-6(11,12)8(15,16)17-4/h3-4H,1-2H2. The van der Waals surface area contributed by atoms with Crippen molar-refractivity contribution in [2.75, 3.05) is 0 Å². The number of halogens is 8. The van der Waals surface area contributed by atoms with E-state index >= 15 is 0 Å². The Labute approximate surface area is 94.7 Å². The van der Waals surface area contributed by atoms with Crippen LogP contribution in [0, 0.1) is 5.92 Å². The summed E-state index contributed by atoms with van der Waals surface area (Å²) in [7, 11) is 0. The maximum atomic E-state index is 12.9. The lowest BCUT2D eigenvalue weighted by atomic mass is 9.73. The Morgan fingerprint density at radius 3 is 1.59 bits per heavy atom. The fourth-order valence-electron chi connectivity index (χ4n) is 1.96. The molecule has 1 aliphatic carbocycles. The zero-order valence-corrected chi connectivity index (χ0v) is 8.82. The highest BCUT2D eigenvalue weighted by Gasteiger charge is 2.77. The predicted molar refractivity (Wildman–Crippen MR) is 43.9 cm³/mol. The fourth-order valence-corrected chi connectivity index (χ4v) is 3.32. The van der Waals surface area contributed by atoms with Crippen molar-refractivity contribution in [2.24, 2.45) is 5.92 Å². The van der Waals surface area contributed by atoms with E-state index in [2.05, 4.69) is 0 Å². The molecule has 0 bridgehead atoms. The van der Waals surface area contributed by atoms with Crippen LogP contribution in [0.1, 0.15) is 12.8 Å². The van der Waals surface area contributed by atoms with Gasteiger partial charge in [0.2, 0.25) is 0 Å². The summed E-state index contributed by atoms with van der Waals surface area (Å²) in [5, 5.41) is -6.33. The van der Waals surface area contributed by atoms with Crippen LogP contribution in [-0.2, 0) is 0 Å². The van der Waals surface area contributed by atoms with Crippen LogP contribution in [0.15, 0.2) is 0 Å². The van der Waals surface area contributed by atoms with Gasteiger partial charge in [0.25, 0.3) is 0 Å². The van der Waals surface area contributed by atoms with Gasteiger partial charge in [0.15, 0.2) is 0 Å². The molecule has 17 heavy (non-hydrogen) atoms. The normalized spacial score (nSPS) is 40.9. The first-order chi connectivity index (χ1) is 7.41. The van der Waals surface area contributed by atoms with Crippen molar-refractivity contribution in [2.45, 2.75) is 41.1 Å². The second-order valence-electron chi connectivity index (χ2n) is 4.22. The smallest absolute Gasteiger partial charge is 0.200 e. The Balaban J connectivity index is 2.14. The first-order valence-corrected chi connectivity index (χ1v) is 5.48. The summed E-state index contributed by atoms with van der Waals surface area (Å²) in [4.78, 5) is 0. The molecule has 1 saturated carbocycles. The van der Waals surface area contributed by atoms with E-state index in [0.717, 1.165) is 0 Å². The van der Waals surface area contributed by atoms with Crippen LogP contribution in [0.3, 0.4) is 0 Å². The van der Waals surface area contributed by atoms with Gasteiger partial charge in [-0.1, -0.05) is 11.8 Å². The Morgan fingerprint density at radius 1 is 0.765 bits per heavy atom. The molecule has 1 aliphatic heterocycles. The minimum absolute atomic E-state index is 0.635. The lowest BCUT2D eigenvalue weighted by Gasteiger charge is -2.46. The molecule has 1 heterocycles. The molecular formula is C8H6F8S. The highest BCUT2D eigenvalue weighted by atomic mass is 32.2. The summed E-state index contributed by atoms with van der Waals surface area (Å²) in [6.45, 7) is 0. The molecule has 0 aromatic carbocycles. The van der Waals surface area contributed by atoms with E-state index in [1.807, 2.05) is 0 Å². The van der Waals surface area contributed by atoms with Gasteiger partial charge in [-0.15, -0.1) is 0 Å². The summed E-state index contributed by atoms with van der Waals surface area (Å²) >= 11 is -0.635. The molecule has 2 aliphatic rings. The monoisotopic (exact) mass is 286 g/mol. The quantitative estimate of drug-likeness (QED) is 0.656. The second kappa shape index (κ2) is 3.21. The minimum atomic E-state index is -4.48. The molecule has 2 fully saturated rings. The fraction of sp³-hybridized carbons (Fsp3) is 1.00. The molecule has 0 spiro atoms.